The van der Waals surface area contributed by atoms with Crippen LogP contribution in [-0.2, 0) is 6.18 Å². The molecule has 0 fully saturated rings. The molecule has 0 amide bonds. The number of nitrogens with one attached hydrogen (secondary N) is 1. The van der Waals surface area contributed by atoms with Crippen LogP contribution < -0.4 is 5.32 Å². The van der Waals surface area contributed by atoms with Crippen LogP contribution >= 0.6 is 0 Å². The van der Waals surface area contributed by atoms with Crippen LogP contribution in [0, 0.1) is 12.3 Å². The number of aromatic nitrogens is 2. The molecule has 1 N–H and O–H groups in total. The third-order valence-corrected chi connectivity index (χ3v) is 2.16. The first kappa shape index (κ1) is 13.3. The van der Waals surface area contributed by atoms with E-state index in [2.05, 4.69) is 21.4 Å². The fourth-order valence-corrected chi connectivity index (χ4v) is 1.21. The summed E-state index contributed by atoms with van der Waals surface area (Å²) >= 11 is 0. The van der Waals surface area contributed by atoms with E-state index in [0.717, 1.165) is 12.5 Å². The van der Waals surface area contributed by atoms with Crippen LogP contribution in [0.15, 0.2) is 12.1 Å². The lowest BCUT2D eigenvalue weighted by Gasteiger charge is -2.14. The van der Waals surface area contributed by atoms with Gasteiger partial charge in [0.25, 0.3) is 0 Å². The van der Waals surface area contributed by atoms with Gasteiger partial charge in [-0.25, -0.2) is 0 Å². The monoisotopic (exact) mass is 243 g/mol. The predicted octanol–water partition coefficient (Wildman–Crippen LogP) is 2.71. The zero-order valence-corrected chi connectivity index (χ0v) is 9.25. The van der Waals surface area contributed by atoms with Crippen molar-refractivity contribution >= 4 is 5.82 Å². The van der Waals surface area contributed by atoms with Crippen molar-refractivity contribution in [2.24, 2.45) is 0 Å². The molecule has 1 aromatic rings. The quantitative estimate of drug-likeness (QED) is 0.826. The average molecular weight is 243 g/mol. The number of hydrogen-bond acceptors (Lipinski definition) is 3. The highest BCUT2D eigenvalue weighted by atomic mass is 19.4. The van der Waals surface area contributed by atoms with Gasteiger partial charge in [0.15, 0.2) is 5.69 Å². The molecular formula is C11H12F3N3. The Bertz CT molecular complexity index is 392. The van der Waals surface area contributed by atoms with E-state index in [0.29, 0.717) is 12.2 Å². The van der Waals surface area contributed by atoms with Crippen LogP contribution in [0.4, 0.5) is 19.0 Å². The van der Waals surface area contributed by atoms with Crippen molar-refractivity contribution in [1.82, 2.24) is 10.2 Å². The van der Waals surface area contributed by atoms with E-state index in [1.54, 1.807) is 0 Å². The van der Waals surface area contributed by atoms with Gasteiger partial charge in [-0.05, 0) is 18.6 Å². The molecule has 0 bridgehead atoms. The molecule has 0 aliphatic rings. The number of nitrogens with zero attached hydrogens (tertiary/aromatic N) is 2. The Kier molecular flexibility index (Phi) is 4.32. The predicted molar refractivity (Wildman–Crippen MR) is 58.2 cm³/mol. The normalized spacial score (nSPS) is 12.9. The molecule has 1 aromatic heterocycles. The third-order valence-electron chi connectivity index (χ3n) is 2.16. The summed E-state index contributed by atoms with van der Waals surface area (Å²) in [6, 6.07) is 2.12. The summed E-state index contributed by atoms with van der Waals surface area (Å²) in [6.45, 7) is 1.92. The zero-order valence-electron chi connectivity index (χ0n) is 9.25. The van der Waals surface area contributed by atoms with E-state index < -0.39 is 11.9 Å². The van der Waals surface area contributed by atoms with Gasteiger partial charge in [0, 0.05) is 12.5 Å². The summed E-state index contributed by atoms with van der Waals surface area (Å²) in [7, 11) is 0. The van der Waals surface area contributed by atoms with E-state index in [1.807, 2.05) is 6.92 Å². The lowest BCUT2D eigenvalue weighted by atomic mass is 10.1. The lowest BCUT2D eigenvalue weighted by Crippen LogP contribution is -2.19. The van der Waals surface area contributed by atoms with Gasteiger partial charge in [0.05, 0.1) is 0 Å². The van der Waals surface area contributed by atoms with Gasteiger partial charge >= 0.3 is 6.18 Å². The first-order valence-electron chi connectivity index (χ1n) is 5.08. The molecule has 1 atom stereocenters. The number of hydrogen-bond donors (Lipinski definition) is 1. The Morgan fingerprint density at radius 1 is 1.41 bits per heavy atom. The second-order valence-corrected chi connectivity index (χ2v) is 3.46. The first-order chi connectivity index (χ1) is 7.97. The minimum Gasteiger partial charge on any atom is -0.365 e. The van der Waals surface area contributed by atoms with Gasteiger partial charge in [-0.2, -0.15) is 13.2 Å². The highest BCUT2D eigenvalue weighted by molar-refractivity contribution is 5.34. The molecule has 17 heavy (non-hydrogen) atoms. The highest BCUT2D eigenvalue weighted by Crippen LogP contribution is 2.27. The summed E-state index contributed by atoms with van der Waals surface area (Å²) in [5.74, 6) is 2.78. The molecule has 1 unspecified atom stereocenters. The summed E-state index contributed by atoms with van der Waals surface area (Å²) in [6.07, 6.45) is 1.94. The molecule has 1 heterocycles. The van der Waals surface area contributed by atoms with Crippen LogP contribution in [0.5, 0.6) is 0 Å². The maximum Gasteiger partial charge on any atom is 0.435 e. The molecule has 6 heteroatoms. The Hall–Kier alpha value is -1.77. The smallest absolute Gasteiger partial charge is 0.365 e. The van der Waals surface area contributed by atoms with E-state index >= 15 is 0 Å². The van der Waals surface area contributed by atoms with Gasteiger partial charge in [-0.1, -0.05) is 6.92 Å². The van der Waals surface area contributed by atoms with Crippen molar-refractivity contribution in [3.8, 4) is 12.3 Å². The minimum absolute atomic E-state index is 0.00830. The largest absolute Gasteiger partial charge is 0.435 e. The van der Waals surface area contributed by atoms with Crippen LogP contribution in [0.25, 0.3) is 0 Å². The van der Waals surface area contributed by atoms with E-state index in [-0.39, 0.29) is 6.04 Å². The van der Waals surface area contributed by atoms with Crippen molar-refractivity contribution in [2.75, 3.05) is 5.32 Å². The molecule has 1 rings (SSSR count). The zero-order chi connectivity index (χ0) is 12.9. The third kappa shape index (κ3) is 3.94. The minimum atomic E-state index is -4.46. The van der Waals surface area contributed by atoms with Crippen molar-refractivity contribution in [3.05, 3.63) is 17.8 Å². The van der Waals surface area contributed by atoms with Crippen molar-refractivity contribution in [2.45, 2.75) is 32.0 Å². The van der Waals surface area contributed by atoms with Crippen LogP contribution in [0.2, 0.25) is 0 Å². The highest BCUT2D eigenvalue weighted by Gasteiger charge is 2.32. The molecule has 0 aliphatic carbocycles. The van der Waals surface area contributed by atoms with E-state index in [1.165, 1.54) is 6.07 Å². The maximum atomic E-state index is 12.2. The van der Waals surface area contributed by atoms with Crippen molar-refractivity contribution < 1.29 is 13.2 Å². The van der Waals surface area contributed by atoms with Gasteiger partial charge in [0.2, 0.25) is 0 Å². The second-order valence-electron chi connectivity index (χ2n) is 3.46. The molecule has 0 spiro atoms. The van der Waals surface area contributed by atoms with Gasteiger partial charge in [-0.15, -0.1) is 22.5 Å². The molecule has 0 saturated carbocycles. The Morgan fingerprint density at radius 3 is 2.53 bits per heavy atom. The average Bonchev–Trinajstić information content (AvgIpc) is 2.28. The van der Waals surface area contributed by atoms with Crippen LogP contribution in [0.1, 0.15) is 25.5 Å². The summed E-state index contributed by atoms with van der Waals surface area (Å²) in [5.41, 5.74) is -1.01. The lowest BCUT2D eigenvalue weighted by molar-refractivity contribution is -0.141. The molecule has 0 radical (unpaired) electrons. The van der Waals surface area contributed by atoms with Gasteiger partial charge in [0.1, 0.15) is 5.82 Å². The summed E-state index contributed by atoms with van der Waals surface area (Å²) in [5, 5.41) is 9.50. The standard InChI is InChI=1S/C11H12F3N3/c1-3-5-8(4-2)15-10-7-6-9(16-17-10)11(12,13)14/h1,6-8H,4-5H2,2H3,(H,15,17). The van der Waals surface area contributed by atoms with E-state index in [4.69, 9.17) is 6.42 Å². The number of terminal acetylenes is 1. The Morgan fingerprint density at radius 2 is 2.12 bits per heavy atom. The second kappa shape index (κ2) is 5.53. The number of anilines is 1. The molecule has 92 valence electrons. The summed E-state index contributed by atoms with van der Waals surface area (Å²) < 4.78 is 36.7. The van der Waals surface area contributed by atoms with Crippen molar-refractivity contribution in [1.29, 1.82) is 0 Å². The topological polar surface area (TPSA) is 37.8 Å². The summed E-state index contributed by atoms with van der Waals surface area (Å²) in [4.78, 5) is 0. The first-order valence-corrected chi connectivity index (χ1v) is 5.08. The van der Waals surface area contributed by atoms with Crippen LogP contribution in [-0.4, -0.2) is 16.2 Å². The number of rotatable bonds is 4. The fourth-order valence-electron chi connectivity index (χ4n) is 1.21. The number of alkyl halides is 3. The number of halogens is 3. The Labute approximate surface area is 97.4 Å². The van der Waals surface area contributed by atoms with Crippen LogP contribution in [0.3, 0.4) is 0 Å². The van der Waals surface area contributed by atoms with Gasteiger partial charge < -0.3 is 5.32 Å². The van der Waals surface area contributed by atoms with Gasteiger partial charge in [-0.3, -0.25) is 0 Å². The van der Waals surface area contributed by atoms with E-state index in [9.17, 15) is 13.2 Å². The molecule has 3 nitrogen and oxygen atoms in total. The molecular weight excluding hydrogens is 231 g/mol. The van der Waals surface area contributed by atoms with Crippen molar-refractivity contribution in [3.63, 3.8) is 0 Å². The molecule has 0 aliphatic heterocycles. The molecule has 0 aromatic carbocycles. The fraction of sp³-hybridized carbons (Fsp3) is 0.455. The maximum absolute atomic E-state index is 12.2. The molecule has 0 saturated heterocycles. The Balaban J connectivity index is 2.72. The SMILES string of the molecule is C#CCC(CC)Nc1ccc(C(F)(F)F)nn1.